The SMILES string of the molecule is Cc1cccc(Cn2ccc(NC(=O)c3ccc(COc4cccc(C)c4)o3)n2)c1. The Morgan fingerprint density at radius 1 is 1.03 bits per heavy atom. The van der Waals surface area contributed by atoms with E-state index < -0.39 is 0 Å². The van der Waals surface area contributed by atoms with Gasteiger partial charge in [0.15, 0.2) is 11.6 Å². The van der Waals surface area contributed by atoms with Gasteiger partial charge < -0.3 is 14.5 Å². The van der Waals surface area contributed by atoms with E-state index in [9.17, 15) is 4.79 Å². The van der Waals surface area contributed by atoms with Crippen LogP contribution in [0, 0.1) is 13.8 Å². The van der Waals surface area contributed by atoms with Crippen LogP contribution >= 0.6 is 0 Å². The molecule has 0 spiro atoms. The van der Waals surface area contributed by atoms with Gasteiger partial charge >= 0.3 is 0 Å². The van der Waals surface area contributed by atoms with Gasteiger partial charge in [-0.3, -0.25) is 9.48 Å². The monoisotopic (exact) mass is 401 g/mol. The van der Waals surface area contributed by atoms with Crippen molar-refractivity contribution in [2.24, 2.45) is 0 Å². The molecule has 0 aliphatic rings. The summed E-state index contributed by atoms with van der Waals surface area (Å²) in [5, 5.41) is 7.17. The fraction of sp³-hybridized carbons (Fsp3) is 0.167. The van der Waals surface area contributed by atoms with Crippen molar-refractivity contribution in [1.82, 2.24) is 9.78 Å². The van der Waals surface area contributed by atoms with Gasteiger partial charge in [-0.1, -0.05) is 42.0 Å². The number of ether oxygens (including phenoxy) is 1. The summed E-state index contributed by atoms with van der Waals surface area (Å²) >= 11 is 0. The minimum Gasteiger partial charge on any atom is -0.486 e. The summed E-state index contributed by atoms with van der Waals surface area (Å²) in [4.78, 5) is 12.5. The number of aryl methyl sites for hydroxylation is 2. The maximum atomic E-state index is 12.5. The number of rotatable bonds is 7. The van der Waals surface area contributed by atoms with Gasteiger partial charge in [0.1, 0.15) is 18.1 Å². The normalized spacial score (nSPS) is 10.7. The Morgan fingerprint density at radius 2 is 1.83 bits per heavy atom. The molecule has 1 N–H and O–H groups in total. The van der Waals surface area contributed by atoms with Crippen LogP contribution in [0.5, 0.6) is 5.75 Å². The van der Waals surface area contributed by atoms with E-state index in [1.807, 2.05) is 43.5 Å². The molecule has 0 fully saturated rings. The fourth-order valence-corrected chi connectivity index (χ4v) is 3.13. The molecular weight excluding hydrogens is 378 g/mol. The van der Waals surface area contributed by atoms with Gasteiger partial charge in [0.25, 0.3) is 5.91 Å². The molecular formula is C24H23N3O3. The lowest BCUT2D eigenvalue weighted by Crippen LogP contribution is -2.12. The first-order valence-corrected chi connectivity index (χ1v) is 9.74. The van der Waals surface area contributed by atoms with Crippen LogP contribution in [-0.2, 0) is 13.2 Å². The molecule has 0 radical (unpaired) electrons. The highest BCUT2D eigenvalue weighted by molar-refractivity contribution is 6.01. The van der Waals surface area contributed by atoms with Crippen molar-refractivity contribution in [1.29, 1.82) is 0 Å². The highest BCUT2D eigenvalue weighted by Gasteiger charge is 2.13. The number of aromatic nitrogens is 2. The Morgan fingerprint density at radius 3 is 2.63 bits per heavy atom. The molecule has 152 valence electrons. The van der Waals surface area contributed by atoms with E-state index in [0.29, 0.717) is 18.1 Å². The quantitative estimate of drug-likeness (QED) is 0.475. The van der Waals surface area contributed by atoms with Crippen molar-refractivity contribution in [2.45, 2.75) is 27.0 Å². The summed E-state index contributed by atoms with van der Waals surface area (Å²) in [6, 6.07) is 21.1. The van der Waals surface area contributed by atoms with E-state index in [2.05, 4.69) is 35.5 Å². The van der Waals surface area contributed by atoms with E-state index in [-0.39, 0.29) is 18.3 Å². The summed E-state index contributed by atoms with van der Waals surface area (Å²) in [5.41, 5.74) is 3.47. The minimum absolute atomic E-state index is 0.214. The average Bonchev–Trinajstić information content (AvgIpc) is 3.36. The molecule has 2 aromatic carbocycles. The Labute approximate surface area is 175 Å². The number of hydrogen-bond acceptors (Lipinski definition) is 4. The van der Waals surface area contributed by atoms with Gasteiger partial charge in [-0.25, -0.2) is 0 Å². The predicted octanol–water partition coefficient (Wildman–Crippen LogP) is 4.97. The molecule has 0 unspecified atom stereocenters. The van der Waals surface area contributed by atoms with Crippen LogP contribution in [-0.4, -0.2) is 15.7 Å². The zero-order chi connectivity index (χ0) is 20.9. The molecule has 1 amide bonds. The summed E-state index contributed by atoms with van der Waals surface area (Å²) in [5.74, 6) is 1.67. The first-order valence-electron chi connectivity index (χ1n) is 9.74. The van der Waals surface area contributed by atoms with E-state index in [4.69, 9.17) is 9.15 Å². The first-order chi connectivity index (χ1) is 14.5. The van der Waals surface area contributed by atoms with E-state index >= 15 is 0 Å². The van der Waals surface area contributed by atoms with Crippen LogP contribution in [0.3, 0.4) is 0 Å². The van der Waals surface area contributed by atoms with Crippen LogP contribution in [0.4, 0.5) is 5.82 Å². The lowest BCUT2D eigenvalue weighted by atomic mass is 10.1. The molecule has 6 nitrogen and oxygen atoms in total. The largest absolute Gasteiger partial charge is 0.486 e. The smallest absolute Gasteiger partial charge is 0.292 e. The van der Waals surface area contributed by atoms with Crippen molar-refractivity contribution in [2.75, 3.05) is 5.32 Å². The van der Waals surface area contributed by atoms with Crippen molar-refractivity contribution in [3.63, 3.8) is 0 Å². The molecule has 0 saturated carbocycles. The molecule has 0 atom stereocenters. The minimum atomic E-state index is -0.349. The molecule has 0 aliphatic carbocycles. The summed E-state index contributed by atoms with van der Waals surface area (Å²) in [7, 11) is 0. The van der Waals surface area contributed by atoms with E-state index in [0.717, 1.165) is 16.9 Å². The summed E-state index contributed by atoms with van der Waals surface area (Å²) < 4.78 is 13.1. The van der Waals surface area contributed by atoms with Gasteiger partial charge in [0, 0.05) is 12.3 Å². The molecule has 2 heterocycles. The molecule has 2 aromatic heterocycles. The number of benzene rings is 2. The number of hydrogen-bond donors (Lipinski definition) is 1. The Bertz CT molecular complexity index is 1160. The lowest BCUT2D eigenvalue weighted by Gasteiger charge is -2.05. The Hall–Kier alpha value is -3.80. The van der Waals surface area contributed by atoms with Crippen molar-refractivity contribution in [3.05, 3.63) is 101 Å². The van der Waals surface area contributed by atoms with E-state index in [1.165, 1.54) is 5.56 Å². The standard InChI is InChI=1S/C24H23N3O3/c1-17-5-3-7-19(13-17)15-27-12-11-23(26-27)25-24(28)22-10-9-21(30-22)16-29-20-8-4-6-18(2)14-20/h3-14H,15-16H2,1-2H3,(H,25,26,28). The number of carbonyl (C=O) groups is 1. The van der Waals surface area contributed by atoms with Crippen molar-refractivity contribution >= 4 is 11.7 Å². The van der Waals surface area contributed by atoms with Gasteiger partial charge in [0.2, 0.25) is 0 Å². The molecule has 6 heteroatoms. The number of nitrogens with zero attached hydrogens (tertiary/aromatic N) is 2. The predicted molar refractivity (Wildman–Crippen MR) is 115 cm³/mol. The topological polar surface area (TPSA) is 69.3 Å². The number of amides is 1. The summed E-state index contributed by atoms with van der Waals surface area (Å²) in [6.07, 6.45) is 1.83. The molecule has 0 aliphatic heterocycles. The van der Waals surface area contributed by atoms with Crippen LogP contribution in [0.25, 0.3) is 0 Å². The molecule has 30 heavy (non-hydrogen) atoms. The van der Waals surface area contributed by atoms with Crippen LogP contribution in [0.1, 0.15) is 33.0 Å². The molecule has 4 aromatic rings. The summed E-state index contributed by atoms with van der Waals surface area (Å²) in [6.45, 7) is 4.95. The molecule has 0 saturated heterocycles. The average molecular weight is 401 g/mol. The second-order valence-corrected chi connectivity index (χ2v) is 7.21. The number of nitrogens with one attached hydrogen (secondary N) is 1. The molecule has 4 rings (SSSR count). The maximum absolute atomic E-state index is 12.5. The zero-order valence-electron chi connectivity index (χ0n) is 17.0. The highest BCUT2D eigenvalue weighted by Crippen LogP contribution is 2.17. The van der Waals surface area contributed by atoms with E-state index in [1.54, 1.807) is 22.9 Å². The third-order valence-corrected chi connectivity index (χ3v) is 4.57. The zero-order valence-corrected chi connectivity index (χ0v) is 17.0. The van der Waals surface area contributed by atoms with Crippen molar-refractivity contribution < 1.29 is 13.9 Å². The third-order valence-electron chi connectivity index (χ3n) is 4.57. The van der Waals surface area contributed by atoms with Crippen LogP contribution < -0.4 is 10.1 Å². The number of furan rings is 1. The second kappa shape index (κ2) is 8.69. The van der Waals surface area contributed by atoms with Gasteiger partial charge in [-0.15, -0.1) is 0 Å². The Balaban J connectivity index is 1.34. The number of carbonyl (C=O) groups excluding carboxylic acids is 1. The Kier molecular flexibility index (Phi) is 5.66. The second-order valence-electron chi connectivity index (χ2n) is 7.21. The first kappa shape index (κ1) is 19.5. The third kappa shape index (κ3) is 4.97. The van der Waals surface area contributed by atoms with Gasteiger partial charge in [-0.2, -0.15) is 5.10 Å². The molecule has 0 bridgehead atoms. The fourth-order valence-electron chi connectivity index (χ4n) is 3.13. The van der Waals surface area contributed by atoms with Gasteiger partial charge in [0.05, 0.1) is 6.54 Å². The van der Waals surface area contributed by atoms with Gasteiger partial charge in [-0.05, 0) is 49.2 Å². The number of anilines is 1. The highest BCUT2D eigenvalue weighted by atomic mass is 16.5. The van der Waals surface area contributed by atoms with Crippen molar-refractivity contribution in [3.8, 4) is 5.75 Å². The lowest BCUT2D eigenvalue weighted by molar-refractivity contribution is 0.0992. The van der Waals surface area contributed by atoms with Crippen LogP contribution in [0.15, 0.2) is 77.3 Å². The maximum Gasteiger partial charge on any atom is 0.292 e. The van der Waals surface area contributed by atoms with Crippen LogP contribution in [0.2, 0.25) is 0 Å².